The smallest absolute Gasteiger partial charge is 0.173 e. The minimum Gasteiger partial charge on any atom is -0.394 e. The van der Waals surface area contributed by atoms with Crippen LogP contribution < -0.4 is 5.32 Å². The van der Waals surface area contributed by atoms with Gasteiger partial charge in [0.15, 0.2) is 6.29 Å². The zero-order valence-electron chi connectivity index (χ0n) is 8.00. The third-order valence-electron chi connectivity index (χ3n) is 2.14. The van der Waals surface area contributed by atoms with Crippen LogP contribution in [0.4, 0.5) is 0 Å². The second kappa shape index (κ2) is 4.32. The van der Waals surface area contributed by atoms with Crippen LogP contribution in [0.25, 0.3) is 0 Å². The predicted octanol–water partition coefficient (Wildman–Crippen LogP) is -2.99. The Hall–Kier alpha value is -0.240. The highest BCUT2D eigenvalue weighted by atomic mass is 16.6. The van der Waals surface area contributed by atoms with Gasteiger partial charge in [0.05, 0.1) is 12.6 Å². The Kier molecular flexibility index (Phi) is 3.09. The van der Waals surface area contributed by atoms with Gasteiger partial charge in [0.25, 0.3) is 0 Å². The Morgan fingerprint density at radius 2 is 2.08 bits per heavy atom. The second-order valence-corrected chi connectivity index (χ2v) is 2.96. The largest absolute Gasteiger partial charge is 0.394 e. The van der Waals surface area contributed by atoms with Crippen molar-refractivity contribution in [2.24, 2.45) is 0 Å². The van der Waals surface area contributed by atoms with E-state index in [0.717, 1.165) is 0 Å². The summed E-state index contributed by atoms with van der Waals surface area (Å²) in [6, 6.07) is -0.912. The molecule has 1 aliphatic heterocycles. The second-order valence-electron chi connectivity index (χ2n) is 2.96. The van der Waals surface area contributed by atoms with Gasteiger partial charge in [-0.15, -0.1) is 0 Å². The Morgan fingerprint density at radius 3 is 2.62 bits per heavy atom. The zero-order valence-corrected chi connectivity index (χ0v) is 7.00. The van der Waals surface area contributed by atoms with Gasteiger partial charge >= 0.3 is 0 Å². The molecule has 1 unspecified atom stereocenters. The number of aliphatic hydroxyl groups is 4. The van der Waals surface area contributed by atoms with E-state index >= 15 is 0 Å². The molecule has 13 heavy (non-hydrogen) atoms. The molecule has 0 saturated carbocycles. The third kappa shape index (κ3) is 1.98. The first-order valence-electron chi connectivity index (χ1n) is 4.65. The first-order chi connectivity index (χ1) is 6.61. The van der Waals surface area contributed by atoms with E-state index < -0.39 is 37.3 Å². The van der Waals surface area contributed by atoms with Gasteiger partial charge < -0.3 is 30.5 Å². The minimum absolute atomic E-state index is 0.210. The van der Waals surface area contributed by atoms with E-state index in [4.69, 9.17) is 11.2 Å². The number of rotatable bonds is 2. The number of aliphatic hydroxyl groups excluding tert-OH is 4. The Bertz CT molecular complexity index is 183. The number of hydrogen-bond donors (Lipinski definition) is 5. The summed E-state index contributed by atoms with van der Waals surface area (Å²) in [5.74, 6) is 0. The minimum atomic E-state index is -1.34. The van der Waals surface area contributed by atoms with Crippen LogP contribution in [-0.4, -0.2) is 64.7 Å². The topological polar surface area (TPSA) is 102 Å². The number of likely N-dealkylation sites (N-methyl/N-ethyl adjacent to an activating group) is 1. The van der Waals surface area contributed by atoms with Gasteiger partial charge in [-0.2, -0.15) is 0 Å². The molecule has 1 fully saturated rings. The molecule has 6 heteroatoms. The Morgan fingerprint density at radius 1 is 1.38 bits per heavy atom. The van der Waals surface area contributed by atoms with E-state index in [1.54, 1.807) is 0 Å². The molecule has 5 atom stereocenters. The molecule has 5 N–H and O–H groups in total. The van der Waals surface area contributed by atoms with E-state index in [0.29, 0.717) is 0 Å². The maximum absolute atomic E-state index is 9.49. The molecule has 0 aromatic carbocycles. The van der Waals surface area contributed by atoms with Crippen LogP contribution in [0.3, 0.4) is 0 Å². The number of ether oxygens (including phenoxy) is 1. The van der Waals surface area contributed by atoms with Crippen molar-refractivity contribution in [2.45, 2.75) is 30.6 Å². The molecule has 0 bridgehead atoms. The standard InChI is InChI=1S/C7H15NO5/c1-8-4-6(11)5(10)3(2-9)13-7(4)12/h3-12H,2H2,1H3/t3-,4-,5-,6-,7?/m1/s1/i1D. The zero-order chi connectivity index (χ0) is 10.7. The lowest BCUT2D eigenvalue weighted by molar-refractivity contribution is -0.253. The van der Waals surface area contributed by atoms with Crippen molar-refractivity contribution in [1.29, 1.82) is 0 Å². The molecular weight excluding hydrogens is 178 g/mol. The van der Waals surface area contributed by atoms with Crippen LogP contribution in [0.2, 0.25) is 0 Å². The van der Waals surface area contributed by atoms with Gasteiger partial charge in [0.1, 0.15) is 18.3 Å². The van der Waals surface area contributed by atoms with E-state index in [9.17, 15) is 15.3 Å². The summed E-state index contributed by atoms with van der Waals surface area (Å²) in [5.41, 5.74) is 0. The fourth-order valence-corrected chi connectivity index (χ4v) is 1.32. The van der Waals surface area contributed by atoms with Crippen LogP contribution >= 0.6 is 0 Å². The average molecular weight is 194 g/mol. The summed E-state index contributed by atoms with van der Waals surface area (Å²) >= 11 is 0. The highest BCUT2D eigenvalue weighted by Crippen LogP contribution is 2.18. The van der Waals surface area contributed by atoms with Crippen LogP contribution in [0.1, 0.15) is 1.37 Å². The van der Waals surface area contributed by atoms with Crippen LogP contribution in [0.5, 0.6) is 0 Å². The van der Waals surface area contributed by atoms with Crippen molar-refractivity contribution in [3.05, 3.63) is 0 Å². The molecule has 0 spiro atoms. The van der Waals surface area contributed by atoms with Crippen molar-refractivity contribution in [2.75, 3.05) is 13.6 Å². The van der Waals surface area contributed by atoms with Gasteiger partial charge in [0.2, 0.25) is 0 Å². The van der Waals surface area contributed by atoms with Crippen molar-refractivity contribution in [3.63, 3.8) is 0 Å². The fourth-order valence-electron chi connectivity index (χ4n) is 1.32. The summed E-state index contributed by atoms with van der Waals surface area (Å²) < 4.78 is 11.7. The Labute approximate surface area is 77.2 Å². The Balaban J connectivity index is 2.63. The quantitative estimate of drug-likeness (QED) is 0.321. The number of nitrogens with one attached hydrogen (secondary N) is 1. The van der Waals surface area contributed by atoms with Gasteiger partial charge in [0, 0.05) is 1.37 Å². The first kappa shape index (κ1) is 9.32. The highest BCUT2D eigenvalue weighted by Gasteiger charge is 2.42. The molecule has 1 rings (SSSR count). The monoisotopic (exact) mass is 194 g/mol. The molecule has 0 radical (unpaired) electrons. The molecule has 0 aromatic heterocycles. The summed E-state index contributed by atoms with van der Waals surface area (Å²) in [6.45, 7) is -0.483. The molecule has 1 heterocycles. The van der Waals surface area contributed by atoms with Crippen molar-refractivity contribution < 1.29 is 26.5 Å². The summed E-state index contributed by atoms with van der Waals surface area (Å²) in [7, 11) is -0.210. The van der Waals surface area contributed by atoms with Gasteiger partial charge in [-0.1, -0.05) is 0 Å². The van der Waals surface area contributed by atoms with Gasteiger partial charge in [-0.25, -0.2) is 0 Å². The van der Waals surface area contributed by atoms with Gasteiger partial charge in [-0.3, -0.25) is 0 Å². The van der Waals surface area contributed by atoms with Crippen molar-refractivity contribution >= 4 is 0 Å². The normalized spacial score (nSPS) is 47.4. The van der Waals surface area contributed by atoms with Crippen molar-refractivity contribution in [1.82, 2.24) is 5.32 Å². The molecule has 6 nitrogen and oxygen atoms in total. The van der Waals surface area contributed by atoms with Crippen LogP contribution in [0, 0.1) is 0 Å². The molecule has 78 valence electrons. The molecule has 0 aromatic rings. The fraction of sp³-hybridized carbons (Fsp3) is 1.00. The lowest BCUT2D eigenvalue weighted by Gasteiger charge is -2.39. The van der Waals surface area contributed by atoms with Crippen LogP contribution in [0.15, 0.2) is 0 Å². The first-order valence-corrected chi connectivity index (χ1v) is 3.95. The molecule has 0 amide bonds. The molecule has 0 aliphatic carbocycles. The number of hydrogen-bond acceptors (Lipinski definition) is 6. The van der Waals surface area contributed by atoms with E-state index in [1.807, 2.05) is 0 Å². The molecule has 1 saturated heterocycles. The van der Waals surface area contributed by atoms with E-state index in [-0.39, 0.29) is 7.02 Å². The average Bonchev–Trinajstić information content (AvgIpc) is 2.18. The maximum Gasteiger partial charge on any atom is 0.173 e. The SMILES string of the molecule is [2H]CN[C@H]1C(O)O[C@H](CO)[C@@H](O)[C@@H]1O. The summed E-state index contributed by atoms with van der Waals surface area (Å²) in [6.07, 6.45) is -4.87. The van der Waals surface area contributed by atoms with E-state index in [2.05, 4.69) is 5.32 Å². The summed E-state index contributed by atoms with van der Waals surface area (Å²) in [4.78, 5) is 0. The highest BCUT2D eigenvalue weighted by molar-refractivity contribution is 4.91. The molecular formula is C7H15NO5. The van der Waals surface area contributed by atoms with Crippen molar-refractivity contribution in [3.8, 4) is 0 Å². The predicted molar refractivity (Wildman–Crippen MR) is 42.8 cm³/mol. The van der Waals surface area contributed by atoms with Crippen LogP contribution in [-0.2, 0) is 4.74 Å². The lowest BCUT2D eigenvalue weighted by atomic mass is 9.97. The maximum atomic E-state index is 9.49. The van der Waals surface area contributed by atoms with Gasteiger partial charge in [-0.05, 0) is 7.02 Å². The summed E-state index contributed by atoms with van der Waals surface area (Å²) in [5, 5.41) is 39.4. The van der Waals surface area contributed by atoms with E-state index in [1.165, 1.54) is 0 Å². The molecule has 1 aliphatic rings. The third-order valence-corrected chi connectivity index (χ3v) is 2.14. The lowest BCUT2D eigenvalue weighted by Crippen LogP contribution is -2.62.